The van der Waals surface area contributed by atoms with E-state index in [2.05, 4.69) is 28.9 Å². The quantitative estimate of drug-likeness (QED) is 0.463. The van der Waals surface area contributed by atoms with Gasteiger partial charge in [0.1, 0.15) is 12.4 Å². The molecule has 3 aromatic rings. The Labute approximate surface area is 196 Å². The molecule has 1 saturated carbocycles. The molecular formula is C26H29BrN2O3. The Morgan fingerprint density at radius 3 is 2.53 bits per heavy atom. The van der Waals surface area contributed by atoms with Crippen LogP contribution in [0.2, 0.25) is 0 Å². The van der Waals surface area contributed by atoms with Gasteiger partial charge >= 0.3 is 5.69 Å². The molecule has 5 nitrogen and oxygen atoms in total. The molecule has 0 amide bonds. The maximum atomic E-state index is 13.5. The monoisotopic (exact) mass is 496 g/mol. The van der Waals surface area contributed by atoms with E-state index in [9.17, 15) is 9.90 Å². The summed E-state index contributed by atoms with van der Waals surface area (Å²) < 4.78 is 10.5. The van der Waals surface area contributed by atoms with Gasteiger partial charge in [0.05, 0.1) is 16.2 Å². The van der Waals surface area contributed by atoms with Gasteiger partial charge in [-0.1, -0.05) is 62.6 Å². The molecule has 1 N–H and O–H groups in total. The van der Waals surface area contributed by atoms with E-state index in [-0.39, 0.29) is 23.7 Å². The fraction of sp³-hybridized carbons (Fsp3) is 0.423. The lowest BCUT2D eigenvalue weighted by Gasteiger charge is -2.28. The zero-order valence-electron chi connectivity index (χ0n) is 18.4. The van der Waals surface area contributed by atoms with Crippen LogP contribution in [0.4, 0.5) is 0 Å². The molecule has 0 radical (unpaired) electrons. The minimum absolute atomic E-state index is 0.0672. The highest BCUT2D eigenvalue weighted by Gasteiger charge is 2.35. The Hall–Kier alpha value is -2.47. The minimum Gasteiger partial charge on any atom is -0.493 e. The third-order valence-electron chi connectivity index (χ3n) is 7.01. The highest BCUT2D eigenvalue weighted by Crippen LogP contribution is 2.43. The molecule has 0 spiro atoms. The van der Waals surface area contributed by atoms with Crippen molar-refractivity contribution < 1.29 is 9.84 Å². The van der Waals surface area contributed by atoms with Crippen molar-refractivity contribution in [1.82, 2.24) is 9.13 Å². The lowest BCUT2D eigenvalue weighted by atomic mass is 9.91. The molecule has 0 bridgehead atoms. The van der Waals surface area contributed by atoms with E-state index < -0.39 is 0 Å². The fourth-order valence-electron chi connectivity index (χ4n) is 5.39. The van der Waals surface area contributed by atoms with Gasteiger partial charge in [0, 0.05) is 12.5 Å². The second kappa shape index (κ2) is 8.81. The van der Waals surface area contributed by atoms with Crippen LogP contribution in [0.15, 0.2) is 51.7 Å². The van der Waals surface area contributed by atoms with Crippen molar-refractivity contribution in [2.45, 2.75) is 70.6 Å². The average Bonchev–Trinajstić information content (AvgIpc) is 3.08. The van der Waals surface area contributed by atoms with Gasteiger partial charge in [-0.05, 0) is 57.9 Å². The number of aromatic nitrogens is 2. The maximum Gasteiger partial charge on any atom is 0.332 e. The molecule has 168 valence electrons. The summed E-state index contributed by atoms with van der Waals surface area (Å²) in [5.41, 5.74) is 3.99. The highest BCUT2D eigenvalue weighted by molar-refractivity contribution is 9.10. The maximum absolute atomic E-state index is 13.5. The van der Waals surface area contributed by atoms with Crippen molar-refractivity contribution in [3.63, 3.8) is 0 Å². The summed E-state index contributed by atoms with van der Waals surface area (Å²) >= 11 is 3.77. The van der Waals surface area contributed by atoms with Crippen molar-refractivity contribution in [3.05, 3.63) is 79.8 Å². The highest BCUT2D eigenvalue weighted by atomic mass is 79.9. The van der Waals surface area contributed by atoms with Crippen molar-refractivity contribution in [2.75, 3.05) is 0 Å². The van der Waals surface area contributed by atoms with Crippen molar-refractivity contribution in [3.8, 4) is 11.6 Å². The van der Waals surface area contributed by atoms with Gasteiger partial charge in [0.25, 0.3) is 0 Å². The molecule has 1 aromatic heterocycles. The number of rotatable bonds is 5. The Balaban J connectivity index is 1.52. The van der Waals surface area contributed by atoms with Gasteiger partial charge < -0.3 is 9.84 Å². The van der Waals surface area contributed by atoms with E-state index in [1.54, 1.807) is 4.57 Å². The number of imidazole rings is 1. The average molecular weight is 497 g/mol. The molecule has 0 unspecified atom stereocenters. The zero-order valence-corrected chi connectivity index (χ0v) is 20.0. The predicted octanol–water partition coefficient (Wildman–Crippen LogP) is 6.11. The van der Waals surface area contributed by atoms with E-state index in [4.69, 9.17) is 4.74 Å². The Morgan fingerprint density at radius 1 is 1.06 bits per heavy atom. The lowest BCUT2D eigenvalue weighted by Crippen LogP contribution is -2.33. The number of hydrogen-bond acceptors (Lipinski definition) is 3. The van der Waals surface area contributed by atoms with E-state index in [1.807, 2.05) is 41.0 Å². The van der Waals surface area contributed by atoms with Crippen LogP contribution in [0, 0.1) is 0 Å². The number of aromatic hydroxyl groups is 1. The first-order chi connectivity index (χ1) is 15.6. The number of nitrogens with zero attached hydrogens (tertiary/aromatic N) is 2. The van der Waals surface area contributed by atoms with Gasteiger partial charge in [-0.2, -0.15) is 0 Å². The first-order valence-corrected chi connectivity index (χ1v) is 12.4. The van der Waals surface area contributed by atoms with Gasteiger partial charge in [-0.25, -0.2) is 4.79 Å². The minimum atomic E-state index is -0.0866. The third-order valence-corrected chi connectivity index (χ3v) is 7.88. The molecular weight excluding hydrogens is 468 g/mol. The van der Waals surface area contributed by atoms with Crippen LogP contribution in [-0.2, 0) is 13.0 Å². The van der Waals surface area contributed by atoms with E-state index in [0.717, 1.165) is 64.7 Å². The number of halogens is 1. The second-order valence-electron chi connectivity index (χ2n) is 8.91. The van der Waals surface area contributed by atoms with Gasteiger partial charge in [0.2, 0.25) is 5.88 Å². The van der Waals surface area contributed by atoms with Gasteiger partial charge in [-0.3, -0.25) is 9.13 Å². The van der Waals surface area contributed by atoms with Crippen molar-refractivity contribution >= 4 is 15.9 Å². The standard InChI is InChI=1S/C26H29BrN2O3/c1-2-21-19-13-14-23(32-16-17-9-5-3-6-10-17)24(27)20(19)15-22-25(30)28(26(31)29(21)22)18-11-7-4-8-12-18/h3,5-6,9-10,13-14,18,21,30H,2,4,7-8,11-12,15-16H2,1H3/t21-/m1/s1. The molecule has 2 aromatic carbocycles. The lowest BCUT2D eigenvalue weighted by molar-refractivity contribution is 0.303. The number of hydrogen-bond donors (Lipinski definition) is 1. The summed E-state index contributed by atoms with van der Waals surface area (Å²) in [5.74, 6) is 0.929. The van der Waals surface area contributed by atoms with Crippen LogP contribution in [0.25, 0.3) is 0 Å². The first kappa shape index (κ1) is 21.4. The number of ether oxygens (including phenoxy) is 1. The Kier molecular flexibility index (Phi) is 5.89. The number of fused-ring (bicyclic) bond motifs is 2. The van der Waals surface area contributed by atoms with E-state index >= 15 is 0 Å². The molecule has 0 saturated heterocycles. The van der Waals surface area contributed by atoms with Crippen LogP contribution < -0.4 is 10.4 Å². The summed E-state index contributed by atoms with van der Waals surface area (Å²) in [6, 6.07) is 14.2. The Bertz CT molecular complexity index is 1180. The molecule has 6 heteroatoms. The fourth-order valence-corrected chi connectivity index (χ4v) is 6.00. The van der Waals surface area contributed by atoms with Crippen LogP contribution in [-0.4, -0.2) is 14.2 Å². The third kappa shape index (κ3) is 3.58. The number of benzene rings is 2. The summed E-state index contributed by atoms with van der Waals surface area (Å²) in [6.45, 7) is 2.59. The molecule has 32 heavy (non-hydrogen) atoms. The van der Waals surface area contributed by atoms with Crippen LogP contribution in [0.1, 0.15) is 79.9 Å². The SMILES string of the molecule is CC[C@@H]1c2ccc(OCc3ccccc3)c(Br)c2Cc2c(O)n(C3CCCCC3)c(=O)n21. The smallest absolute Gasteiger partial charge is 0.332 e. The van der Waals surface area contributed by atoms with Crippen LogP contribution >= 0.6 is 15.9 Å². The molecule has 1 aliphatic carbocycles. The molecule has 1 atom stereocenters. The molecule has 1 aliphatic heterocycles. The molecule has 1 fully saturated rings. The molecule has 5 rings (SSSR count). The normalized spacial score (nSPS) is 18.2. The van der Waals surface area contributed by atoms with Crippen LogP contribution in [0.5, 0.6) is 11.6 Å². The van der Waals surface area contributed by atoms with Gasteiger partial charge in [0.15, 0.2) is 0 Å². The predicted molar refractivity (Wildman–Crippen MR) is 129 cm³/mol. The van der Waals surface area contributed by atoms with Crippen LogP contribution in [0.3, 0.4) is 0 Å². The van der Waals surface area contributed by atoms with E-state index in [0.29, 0.717) is 13.0 Å². The molecule has 2 aliphatic rings. The van der Waals surface area contributed by atoms with Crippen molar-refractivity contribution in [1.29, 1.82) is 0 Å². The summed E-state index contributed by atoms with van der Waals surface area (Å²) in [7, 11) is 0. The summed E-state index contributed by atoms with van der Waals surface area (Å²) in [4.78, 5) is 13.5. The topological polar surface area (TPSA) is 56.4 Å². The van der Waals surface area contributed by atoms with Crippen molar-refractivity contribution in [2.24, 2.45) is 0 Å². The first-order valence-electron chi connectivity index (χ1n) is 11.6. The summed E-state index contributed by atoms with van der Waals surface area (Å²) in [5, 5.41) is 11.2. The summed E-state index contributed by atoms with van der Waals surface area (Å²) in [6.07, 6.45) is 6.65. The molecule has 2 heterocycles. The van der Waals surface area contributed by atoms with Gasteiger partial charge in [-0.15, -0.1) is 0 Å². The largest absolute Gasteiger partial charge is 0.493 e. The Morgan fingerprint density at radius 2 is 1.81 bits per heavy atom. The van der Waals surface area contributed by atoms with E-state index in [1.165, 1.54) is 6.42 Å². The second-order valence-corrected chi connectivity index (χ2v) is 9.70. The zero-order chi connectivity index (χ0) is 22.2.